The van der Waals surface area contributed by atoms with Crippen molar-refractivity contribution in [2.45, 2.75) is 25.7 Å². The van der Waals surface area contributed by atoms with Gasteiger partial charge in [-0.05, 0) is 55.7 Å². The number of azo groups is 1. The minimum atomic E-state index is -4.24. The zero-order valence-corrected chi connectivity index (χ0v) is 21.3. The van der Waals surface area contributed by atoms with Gasteiger partial charge >= 0.3 is 0 Å². The van der Waals surface area contributed by atoms with E-state index in [1.807, 2.05) is 21.1 Å². The van der Waals surface area contributed by atoms with E-state index in [2.05, 4.69) is 10.2 Å². The van der Waals surface area contributed by atoms with Crippen LogP contribution in [0.4, 0.5) is 17.1 Å². The normalized spacial score (nSPS) is 13.6. The standard InChI is InChI=1S/C23H33N4O7P/c1-27(2,3)16-19-34-35(30,31)33-18-7-5-4-6-17-32-23-14-10-21(11-15-23)25-24-20-8-12-22(13-9-20)26(28)29/h8-15H,4-7,16-19H2,1-3H3. The van der Waals surface area contributed by atoms with E-state index in [9.17, 15) is 19.6 Å². The van der Waals surface area contributed by atoms with Crippen LogP contribution in [0.5, 0.6) is 5.75 Å². The van der Waals surface area contributed by atoms with Gasteiger partial charge in [-0.1, -0.05) is 6.42 Å². The van der Waals surface area contributed by atoms with Crippen LogP contribution in [0.25, 0.3) is 0 Å². The molecule has 0 aromatic heterocycles. The van der Waals surface area contributed by atoms with E-state index >= 15 is 0 Å². The number of phosphoric acid groups is 1. The molecule has 0 spiro atoms. The first kappa shape index (κ1) is 28.5. The van der Waals surface area contributed by atoms with Crippen molar-refractivity contribution in [1.29, 1.82) is 0 Å². The van der Waals surface area contributed by atoms with Crippen LogP contribution in [-0.2, 0) is 13.6 Å². The molecule has 0 amide bonds. The van der Waals surface area contributed by atoms with Gasteiger partial charge in [0.05, 0.1) is 50.7 Å². The molecule has 11 nitrogen and oxygen atoms in total. The molecule has 0 saturated heterocycles. The maximum Gasteiger partial charge on any atom is 0.269 e. The second-order valence-corrected chi connectivity index (χ2v) is 10.3. The van der Waals surface area contributed by atoms with Crippen LogP contribution in [0, 0.1) is 10.1 Å². The van der Waals surface area contributed by atoms with Crippen LogP contribution in [0.3, 0.4) is 0 Å². The number of hydrogen-bond donors (Lipinski definition) is 0. The molecule has 0 radical (unpaired) electrons. The number of nitro benzene ring substituents is 1. The maximum atomic E-state index is 11.7. The van der Waals surface area contributed by atoms with Crippen molar-refractivity contribution in [3.05, 3.63) is 58.6 Å². The van der Waals surface area contributed by atoms with E-state index in [-0.39, 0.29) is 18.9 Å². The smallest absolute Gasteiger partial charge is 0.269 e. The average Bonchev–Trinajstić information content (AvgIpc) is 2.79. The Kier molecular flexibility index (Phi) is 11.4. The molecule has 192 valence electrons. The third-order valence-electron chi connectivity index (χ3n) is 4.75. The Morgan fingerprint density at radius 3 is 1.89 bits per heavy atom. The van der Waals surface area contributed by atoms with Crippen LogP contribution in [0.15, 0.2) is 58.8 Å². The molecule has 0 heterocycles. The quantitative estimate of drug-likeness (QED) is 0.0763. The highest BCUT2D eigenvalue weighted by molar-refractivity contribution is 7.45. The van der Waals surface area contributed by atoms with E-state index in [0.717, 1.165) is 19.3 Å². The Morgan fingerprint density at radius 2 is 1.34 bits per heavy atom. The summed E-state index contributed by atoms with van der Waals surface area (Å²) in [5.74, 6) is 0.709. The zero-order chi connectivity index (χ0) is 25.7. The highest BCUT2D eigenvalue weighted by atomic mass is 31.2. The fourth-order valence-electron chi connectivity index (χ4n) is 2.75. The monoisotopic (exact) mass is 508 g/mol. The van der Waals surface area contributed by atoms with Crippen molar-refractivity contribution in [2.75, 3.05) is 47.5 Å². The van der Waals surface area contributed by atoms with Gasteiger partial charge in [0, 0.05) is 12.1 Å². The number of ether oxygens (including phenoxy) is 1. The Hall–Kier alpha value is -2.69. The van der Waals surface area contributed by atoms with Gasteiger partial charge in [-0.2, -0.15) is 10.2 Å². The van der Waals surface area contributed by atoms with Crippen molar-refractivity contribution < 1.29 is 32.6 Å². The van der Waals surface area contributed by atoms with Crippen molar-refractivity contribution >= 4 is 24.9 Å². The number of benzene rings is 2. The molecule has 0 fully saturated rings. The molecule has 1 atom stereocenters. The lowest BCUT2D eigenvalue weighted by Gasteiger charge is -2.27. The number of nitrogens with zero attached hydrogens (tertiary/aromatic N) is 4. The Labute approximate surface area is 205 Å². The van der Waals surface area contributed by atoms with Gasteiger partial charge in [0.15, 0.2) is 0 Å². The number of rotatable bonds is 16. The van der Waals surface area contributed by atoms with Crippen molar-refractivity contribution in [3.63, 3.8) is 0 Å². The third-order valence-corrected chi connectivity index (χ3v) is 5.74. The molecule has 12 heteroatoms. The van der Waals surface area contributed by atoms with Gasteiger partial charge in [0.1, 0.15) is 18.9 Å². The maximum absolute atomic E-state index is 11.7. The molecular formula is C23H33N4O7P. The largest absolute Gasteiger partial charge is 0.756 e. The van der Waals surface area contributed by atoms with Crippen molar-refractivity contribution in [3.8, 4) is 5.75 Å². The lowest BCUT2D eigenvalue weighted by molar-refractivity contribution is -0.870. The van der Waals surface area contributed by atoms with E-state index < -0.39 is 12.7 Å². The molecule has 0 saturated carbocycles. The molecular weight excluding hydrogens is 475 g/mol. The first-order valence-corrected chi connectivity index (χ1v) is 12.8. The minimum absolute atomic E-state index is 0.00298. The summed E-state index contributed by atoms with van der Waals surface area (Å²) in [4.78, 5) is 21.9. The summed E-state index contributed by atoms with van der Waals surface area (Å²) >= 11 is 0. The summed E-state index contributed by atoms with van der Waals surface area (Å²) < 4.78 is 27.8. The SMILES string of the molecule is C[N+](C)(C)CCOP(=O)([O-])OCCCCCCOc1ccc(N=Nc2ccc([N+](=O)[O-])cc2)cc1. The van der Waals surface area contributed by atoms with Crippen LogP contribution < -0.4 is 9.63 Å². The third kappa shape index (κ3) is 12.5. The average molecular weight is 509 g/mol. The summed E-state index contributed by atoms with van der Waals surface area (Å²) in [5.41, 5.74) is 1.16. The summed E-state index contributed by atoms with van der Waals surface area (Å²) in [6.07, 6.45) is 3.16. The van der Waals surface area contributed by atoms with Crippen molar-refractivity contribution in [1.82, 2.24) is 0 Å². The van der Waals surface area contributed by atoms with Crippen LogP contribution >= 0.6 is 7.82 Å². The predicted octanol–water partition coefficient (Wildman–Crippen LogP) is 5.16. The lowest BCUT2D eigenvalue weighted by Crippen LogP contribution is -2.37. The number of unbranched alkanes of at least 4 members (excludes halogenated alkanes) is 3. The highest BCUT2D eigenvalue weighted by Gasteiger charge is 2.13. The van der Waals surface area contributed by atoms with Gasteiger partial charge < -0.3 is 23.2 Å². The number of likely N-dealkylation sites (N-methyl/N-ethyl adjacent to an activating group) is 1. The van der Waals surface area contributed by atoms with Gasteiger partial charge in [-0.15, -0.1) is 0 Å². The van der Waals surface area contributed by atoms with Gasteiger partial charge in [0.25, 0.3) is 13.5 Å². The molecule has 0 bridgehead atoms. The van der Waals surface area contributed by atoms with Crippen LogP contribution in [0.1, 0.15) is 25.7 Å². The van der Waals surface area contributed by atoms with E-state index in [1.165, 1.54) is 24.3 Å². The molecule has 0 aliphatic heterocycles. The van der Waals surface area contributed by atoms with Crippen molar-refractivity contribution in [2.24, 2.45) is 10.2 Å². The molecule has 0 N–H and O–H groups in total. The van der Waals surface area contributed by atoms with Crippen LogP contribution in [-0.4, -0.2) is 56.9 Å². The number of nitro groups is 1. The molecule has 2 aromatic carbocycles. The molecule has 0 aliphatic rings. The summed E-state index contributed by atoms with van der Waals surface area (Å²) in [7, 11) is 1.63. The first-order chi connectivity index (χ1) is 16.5. The minimum Gasteiger partial charge on any atom is -0.756 e. The van der Waals surface area contributed by atoms with E-state index in [1.54, 1.807) is 24.3 Å². The number of hydrogen-bond acceptors (Lipinski definition) is 9. The summed E-state index contributed by atoms with van der Waals surface area (Å²) in [6, 6.07) is 13.0. The molecule has 1 unspecified atom stereocenters. The number of phosphoric ester groups is 1. The highest BCUT2D eigenvalue weighted by Crippen LogP contribution is 2.38. The Bertz CT molecular complexity index is 992. The zero-order valence-electron chi connectivity index (χ0n) is 20.4. The first-order valence-electron chi connectivity index (χ1n) is 11.3. The topological polar surface area (TPSA) is 136 Å². The predicted molar refractivity (Wildman–Crippen MR) is 130 cm³/mol. The number of non-ortho nitro benzene ring substituents is 1. The Balaban J connectivity index is 1.57. The van der Waals surface area contributed by atoms with E-state index in [4.69, 9.17) is 13.8 Å². The van der Waals surface area contributed by atoms with Gasteiger partial charge in [0.2, 0.25) is 0 Å². The fourth-order valence-corrected chi connectivity index (χ4v) is 3.49. The second kappa shape index (κ2) is 14.0. The molecule has 2 rings (SSSR count). The molecule has 2 aromatic rings. The van der Waals surface area contributed by atoms with Gasteiger partial charge in [-0.3, -0.25) is 14.7 Å². The number of quaternary nitrogens is 1. The fraction of sp³-hybridized carbons (Fsp3) is 0.478. The molecule has 0 aliphatic carbocycles. The molecule has 35 heavy (non-hydrogen) atoms. The summed E-state index contributed by atoms with van der Waals surface area (Å²) in [5, 5.41) is 18.8. The summed E-state index contributed by atoms with van der Waals surface area (Å²) in [6.45, 7) is 1.33. The Morgan fingerprint density at radius 1 is 0.829 bits per heavy atom. The van der Waals surface area contributed by atoms with Crippen LogP contribution in [0.2, 0.25) is 0 Å². The van der Waals surface area contributed by atoms with E-state index in [0.29, 0.717) is 41.2 Å². The second-order valence-electron chi connectivity index (χ2n) is 8.86. The lowest BCUT2D eigenvalue weighted by atomic mass is 10.2. The van der Waals surface area contributed by atoms with Gasteiger partial charge in [-0.25, -0.2) is 0 Å².